The van der Waals surface area contributed by atoms with Crippen LogP contribution in [0.1, 0.15) is 22.3 Å². The van der Waals surface area contributed by atoms with Crippen LogP contribution in [0.5, 0.6) is 0 Å². The standard InChI is InChI=1S/C21H21NO3/c1-25-21(24)18-12-19(13-20(23)17-10-6-3-7-11-17)22(15-18)14-16-8-4-2-5-9-16/h2-11,13,18H,12,14-15H2,1H3/b19-13-. The Balaban J connectivity index is 1.83. The molecule has 4 heteroatoms. The lowest BCUT2D eigenvalue weighted by Crippen LogP contribution is -2.23. The highest BCUT2D eigenvalue weighted by Crippen LogP contribution is 2.29. The van der Waals surface area contributed by atoms with Gasteiger partial charge in [0.2, 0.25) is 0 Å². The molecule has 3 rings (SSSR count). The lowest BCUT2D eigenvalue weighted by atomic mass is 10.1. The van der Waals surface area contributed by atoms with Gasteiger partial charge in [-0.15, -0.1) is 0 Å². The minimum atomic E-state index is -0.233. The van der Waals surface area contributed by atoms with Crippen LogP contribution >= 0.6 is 0 Å². The highest BCUT2D eigenvalue weighted by atomic mass is 16.5. The van der Waals surface area contributed by atoms with E-state index in [0.29, 0.717) is 25.1 Å². The van der Waals surface area contributed by atoms with Crippen molar-refractivity contribution >= 4 is 11.8 Å². The number of methoxy groups -OCH3 is 1. The molecule has 1 saturated heterocycles. The van der Waals surface area contributed by atoms with Crippen molar-refractivity contribution in [3.63, 3.8) is 0 Å². The molecule has 0 aliphatic carbocycles. The van der Waals surface area contributed by atoms with Crippen LogP contribution in [0.15, 0.2) is 72.4 Å². The van der Waals surface area contributed by atoms with Gasteiger partial charge in [0.15, 0.2) is 5.78 Å². The van der Waals surface area contributed by atoms with Crippen molar-refractivity contribution in [3.8, 4) is 0 Å². The first kappa shape index (κ1) is 17.0. The number of carbonyl (C=O) groups is 2. The van der Waals surface area contributed by atoms with E-state index >= 15 is 0 Å². The molecule has 25 heavy (non-hydrogen) atoms. The van der Waals surface area contributed by atoms with Crippen molar-refractivity contribution in [1.82, 2.24) is 4.90 Å². The van der Waals surface area contributed by atoms with Crippen molar-refractivity contribution in [1.29, 1.82) is 0 Å². The van der Waals surface area contributed by atoms with Gasteiger partial charge in [-0.2, -0.15) is 0 Å². The Labute approximate surface area is 147 Å². The number of hydrogen-bond donors (Lipinski definition) is 0. The van der Waals surface area contributed by atoms with Gasteiger partial charge >= 0.3 is 5.97 Å². The minimum Gasteiger partial charge on any atom is -0.469 e. The molecular formula is C21H21NO3. The van der Waals surface area contributed by atoms with Gasteiger partial charge in [-0.25, -0.2) is 0 Å². The number of allylic oxidation sites excluding steroid dienone is 2. The normalized spacial score (nSPS) is 18.4. The second kappa shape index (κ2) is 7.79. The highest BCUT2D eigenvalue weighted by molar-refractivity contribution is 6.04. The second-order valence-corrected chi connectivity index (χ2v) is 6.16. The summed E-state index contributed by atoms with van der Waals surface area (Å²) in [6, 6.07) is 19.2. The number of ketones is 1. The molecule has 0 amide bonds. The van der Waals surface area contributed by atoms with Crippen LogP contribution in [0.2, 0.25) is 0 Å². The van der Waals surface area contributed by atoms with E-state index in [1.54, 1.807) is 18.2 Å². The van der Waals surface area contributed by atoms with E-state index in [0.717, 1.165) is 11.3 Å². The largest absolute Gasteiger partial charge is 0.469 e. The zero-order valence-corrected chi connectivity index (χ0v) is 14.2. The number of hydrogen-bond acceptors (Lipinski definition) is 4. The highest BCUT2D eigenvalue weighted by Gasteiger charge is 2.32. The molecule has 0 radical (unpaired) electrons. The van der Waals surface area contributed by atoms with Crippen LogP contribution in [-0.2, 0) is 16.1 Å². The summed E-state index contributed by atoms with van der Waals surface area (Å²) >= 11 is 0. The monoisotopic (exact) mass is 335 g/mol. The van der Waals surface area contributed by atoms with Crippen molar-refractivity contribution in [2.24, 2.45) is 5.92 Å². The first-order valence-electron chi connectivity index (χ1n) is 8.34. The Morgan fingerprint density at radius 2 is 1.72 bits per heavy atom. The van der Waals surface area contributed by atoms with Gasteiger partial charge in [-0.05, 0) is 5.56 Å². The van der Waals surface area contributed by atoms with Crippen LogP contribution in [0.25, 0.3) is 0 Å². The Bertz CT molecular complexity index is 768. The molecule has 1 aliphatic heterocycles. The molecule has 1 unspecified atom stereocenters. The average Bonchev–Trinajstić information content (AvgIpc) is 3.05. The topological polar surface area (TPSA) is 46.6 Å². The zero-order valence-electron chi connectivity index (χ0n) is 14.2. The summed E-state index contributed by atoms with van der Waals surface area (Å²) in [5, 5.41) is 0. The summed E-state index contributed by atoms with van der Waals surface area (Å²) in [6.07, 6.45) is 2.18. The lowest BCUT2D eigenvalue weighted by Gasteiger charge is -2.20. The second-order valence-electron chi connectivity index (χ2n) is 6.16. The van der Waals surface area contributed by atoms with Gasteiger partial charge in [-0.1, -0.05) is 60.7 Å². The van der Waals surface area contributed by atoms with Crippen LogP contribution < -0.4 is 0 Å². The fourth-order valence-corrected chi connectivity index (χ4v) is 3.11. The van der Waals surface area contributed by atoms with Crippen LogP contribution in [-0.4, -0.2) is 30.3 Å². The third-order valence-electron chi connectivity index (χ3n) is 4.41. The summed E-state index contributed by atoms with van der Waals surface area (Å²) in [7, 11) is 1.40. The Morgan fingerprint density at radius 3 is 2.36 bits per heavy atom. The van der Waals surface area contributed by atoms with Crippen LogP contribution in [0, 0.1) is 5.92 Å². The van der Waals surface area contributed by atoms with Crippen molar-refractivity contribution in [2.75, 3.05) is 13.7 Å². The molecule has 2 aromatic rings. The number of rotatable bonds is 5. The Morgan fingerprint density at radius 1 is 1.08 bits per heavy atom. The van der Waals surface area contributed by atoms with Crippen molar-refractivity contribution in [2.45, 2.75) is 13.0 Å². The number of likely N-dealkylation sites (tertiary alicyclic amines) is 1. The molecule has 1 heterocycles. The van der Waals surface area contributed by atoms with Gasteiger partial charge in [0, 0.05) is 36.8 Å². The summed E-state index contributed by atoms with van der Waals surface area (Å²) in [4.78, 5) is 26.6. The maximum Gasteiger partial charge on any atom is 0.310 e. The molecule has 0 spiro atoms. The zero-order chi connectivity index (χ0) is 17.6. The minimum absolute atomic E-state index is 0.0424. The van der Waals surface area contributed by atoms with E-state index in [2.05, 4.69) is 4.90 Å². The molecule has 4 nitrogen and oxygen atoms in total. The van der Waals surface area contributed by atoms with E-state index in [4.69, 9.17) is 4.74 Å². The van der Waals surface area contributed by atoms with Gasteiger partial charge in [0.05, 0.1) is 13.0 Å². The summed E-state index contributed by atoms with van der Waals surface area (Å²) in [5.74, 6) is -0.503. The predicted molar refractivity (Wildman–Crippen MR) is 95.8 cm³/mol. The molecule has 128 valence electrons. The average molecular weight is 335 g/mol. The Hall–Kier alpha value is -2.88. The maximum absolute atomic E-state index is 12.5. The SMILES string of the molecule is COC(=O)C1C/C(=C/C(=O)c2ccccc2)N(Cc2ccccc2)C1. The predicted octanol–water partition coefficient (Wildman–Crippen LogP) is 3.45. The summed E-state index contributed by atoms with van der Waals surface area (Å²) in [6.45, 7) is 1.23. The van der Waals surface area contributed by atoms with Crippen LogP contribution in [0.4, 0.5) is 0 Å². The molecular weight excluding hydrogens is 314 g/mol. The molecule has 0 N–H and O–H groups in total. The van der Waals surface area contributed by atoms with E-state index in [-0.39, 0.29) is 17.7 Å². The molecule has 0 aromatic heterocycles. The van der Waals surface area contributed by atoms with Gasteiger partial charge in [0.1, 0.15) is 0 Å². The number of ether oxygens (including phenoxy) is 1. The molecule has 0 bridgehead atoms. The molecule has 1 atom stereocenters. The lowest BCUT2D eigenvalue weighted by molar-refractivity contribution is -0.144. The Kier molecular flexibility index (Phi) is 5.29. The molecule has 1 aliphatic rings. The summed E-state index contributed by atoms with van der Waals surface area (Å²) in [5.41, 5.74) is 2.68. The van der Waals surface area contributed by atoms with E-state index in [1.807, 2.05) is 48.5 Å². The third-order valence-corrected chi connectivity index (χ3v) is 4.41. The quantitative estimate of drug-likeness (QED) is 0.477. The van der Waals surface area contributed by atoms with Crippen molar-refractivity contribution < 1.29 is 14.3 Å². The van der Waals surface area contributed by atoms with Gasteiger partial charge in [0.25, 0.3) is 0 Å². The maximum atomic E-state index is 12.5. The number of benzene rings is 2. The van der Waals surface area contributed by atoms with Gasteiger partial charge < -0.3 is 9.64 Å². The van der Waals surface area contributed by atoms with Gasteiger partial charge in [-0.3, -0.25) is 9.59 Å². The smallest absolute Gasteiger partial charge is 0.310 e. The molecule has 1 fully saturated rings. The molecule has 0 saturated carbocycles. The van der Waals surface area contributed by atoms with Crippen molar-refractivity contribution in [3.05, 3.63) is 83.6 Å². The van der Waals surface area contributed by atoms with E-state index in [9.17, 15) is 9.59 Å². The molecule has 2 aromatic carbocycles. The van der Waals surface area contributed by atoms with Crippen LogP contribution in [0.3, 0.4) is 0 Å². The van der Waals surface area contributed by atoms with E-state index < -0.39 is 0 Å². The number of carbonyl (C=O) groups excluding carboxylic acids is 2. The van der Waals surface area contributed by atoms with E-state index in [1.165, 1.54) is 7.11 Å². The first-order valence-corrected chi connectivity index (χ1v) is 8.34. The number of nitrogens with zero attached hydrogens (tertiary/aromatic N) is 1. The summed E-state index contributed by atoms with van der Waals surface area (Å²) < 4.78 is 4.89. The first-order chi connectivity index (χ1) is 12.2. The number of esters is 1. The fraction of sp³-hybridized carbons (Fsp3) is 0.238. The fourth-order valence-electron chi connectivity index (χ4n) is 3.11. The third kappa shape index (κ3) is 4.15.